The van der Waals surface area contributed by atoms with Crippen molar-refractivity contribution in [3.05, 3.63) is 63.4 Å². The van der Waals surface area contributed by atoms with Crippen LogP contribution in [-0.4, -0.2) is 36.6 Å². The summed E-state index contributed by atoms with van der Waals surface area (Å²) in [5.41, 5.74) is -0.450. The second kappa shape index (κ2) is 12.7. The number of amides is 1. The zero-order chi connectivity index (χ0) is 29.9. The molecule has 0 unspecified atom stereocenters. The van der Waals surface area contributed by atoms with E-state index in [-0.39, 0.29) is 35.0 Å². The van der Waals surface area contributed by atoms with E-state index in [1.807, 2.05) is 6.92 Å². The molecule has 0 radical (unpaired) electrons. The molecule has 3 rings (SSSR count). The van der Waals surface area contributed by atoms with Crippen LogP contribution in [0.1, 0.15) is 56.5 Å². The zero-order valence-corrected chi connectivity index (χ0v) is 26.2. The highest BCUT2D eigenvalue weighted by molar-refractivity contribution is 9.10. The van der Waals surface area contributed by atoms with Gasteiger partial charge in [0.05, 0.1) is 11.1 Å². The topological polar surface area (TPSA) is 57.8 Å². The second-order valence-corrected chi connectivity index (χ2v) is 16.9. The number of nitrogens with zero attached hydrogens (tertiary/aromatic N) is 3. The average molecular weight is 647 g/mol. The van der Waals surface area contributed by atoms with Crippen LogP contribution in [0.2, 0.25) is 18.1 Å². The summed E-state index contributed by atoms with van der Waals surface area (Å²) in [5.74, 6) is -1.41. The van der Waals surface area contributed by atoms with Gasteiger partial charge in [-0.15, -0.1) is 0 Å². The average Bonchev–Trinajstić information content (AvgIpc) is 3.13. The molecule has 220 valence electrons. The number of benzene rings is 2. The van der Waals surface area contributed by atoms with E-state index in [1.54, 1.807) is 15.2 Å². The Morgan fingerprint density at radius 1 is 1.07 bits per heavy atom. The molecule has 1 heterocycles. The predicted octanol–water partition coefficient (Wildman–Crippen LogP) is 7.90. The maximum atomic E-state index is 15.4. The van der Waals surface area contributed by atoms with Gasteiger partial charge in [-0.25, -0.2) is 4.39 Å². The smallest absolute Gasteiger partial charge is 0.416 e. The molecular formula is C28H36BrF4N3O3Si. The number of carbonyl (C=O) groups excluding carboxylic acids is 1. The van der Waals surface area contributed by atoms with Crippen molar-refractivity contribution in [2.24, 2.45) is 4.99 Å². The van der Waals surface area contributed by atoms with Crippen molar-refractivity contribution in [1.82, 2.24) is 9.13 Å². The Morgan fingerprint density at radius 3 is 2.40 bits per heavy atom. The molecule has 0 saturated carbocycles. The van der Waals surface area contributed by atoms with Crippen molar-refractivity contribution in [1.29, 1.82) is 0 Å². The van der Waals surface area contributed by atoms with Gasteiger partial charge in [-0.1, -0.05) is 49.7 Å². The molecule has 0 N–H and O–H groups in total. The first-order chi connectivity index (χ1) is 18.6. The van der Waals surface area contributed by atoms with Gasteiger partial charge in [0.15, 0.2) is 8.32 Å². The van der Waals surface area contributed by atoms with Crippen LogP contribution in [0.25, 0.3) is 11.0 Å². The van der Waals surface area contributed by atoms with E-state index in [0.29, 0.717) is 29.6 Å². The lowest BCUT2D eigenvalue weighted by Gasteiger charge is -2.36. The Bertz CT molecular complexity index is 1430. The van der Waals surface area contributed by atoms with Crippen LogP contribution in [0, 0.1) is 5.82 Å². The summed E-state index contributed by atoms with van der Waals surface area (Å²) in [6.45, 7) is 13.7. The lowest BCUT2D eigenvalue weighted by molar-refractivity contribution is -0.137. The Hall–Kier alpha value is -2.28. The third-order valence-corrected chi connectivity index (χ3v) is 12.1. The molecule has 0 aliphatic heterocycles. The largest absolute Gasteiger partial charge is 0.417 e. The van der Waals surface area contributed by atoms with Gasteiger partial charge in [0, 0.05) is 29.8 Å². The number of halogens is 5. The van der Waals surface area contributed by atoms with Crippen molar-refractivity contribution in [3.63, 3.8) is 0 Å². The lowest BCUT2D eigenvalue weighted by atomic mass is 10.1. The first kappa shape index (κ1) is 32.2. The number of aromatic nitrogens is 2. The van der Waals surface area contributed by atoms with Crippen molar-refractivity contribution >= 4 is 41.2 Å². The molecule has 2 aromatic carbocycles. The van der Waals surface area contributed by atoms with E-state index < -0.39 is 31.8 Å². The molecule has 1 aromatic heterocycles. The fraction of sp³-hybridized carbons (Fsp3) is 0.500. The molecule has 0 aliphatic carbocycles. The van der Waals surface area contributed by atoms with Crippen molar-refractivity contribution < 1.29 is 31.5 Å². The highest BCUT2D eigenvalue weighted by Gasteiger charge is 2.37. The SMILES string of the molecule is CCCOCn1c(=NC(=O)c2cccc(C(F)(F)F)c2)n(CCCO[Si](C)(C)C(C)(C)C)c2c(F)cc(Br)cc21. The lowest BCUT2D eigenvalue weighted by Crippen LogP contribution is -2.41. The van der Waals surface area contributed by atoms with E-state index in [4.69, 9.17) is 9.16 Å². The van der Waals surface area contributed by atoms with Gasteiger partial charge in [-0.05, 0) is 61.3 Å². The van der Waals surface area contributed by atoms with Crippen LogP contribution < -0.4 is 5.62 Å². The summed E-state index contributed by atoms with van der Waals surface area (Å²) < 4.78 is 70.9. The number of aryl methyl sites for hydroxylation is 1. The number of rotatable bonds is 10. The third-order valence-electron chi connectivity index (χ3n) is 7.05. The number of carbonyl (C=O) groups is 1. The van der Waals surface area contributed by atoms with Crippen LogP contribution in [0.15, 0.2) is 45.9 Å². The summed E-state index contributed by atoms with van der Waals surface area (Å²) in [6, 6.07) is 7.11. The summed E-state index contributed by atoms with van der Waals surface area (Å²) >= 11 is 3.33. The summed E-state index contributed by atoms with van der Waals surface area (Å²) in [6.07, 6.45) is -3.38. The summed E-state index contributed by atoms with van der Waals surface area (Å²) in [4.78, 5) is 17.4. The highest BCUT2D eigenvalue weighted by atomic mass is 79.9. The van der Waals surface area contributed by atoms with E-state index in [2.05, 4.69) is 54.8 Å². The molecular weight excluding hydrogens is 610 g/mol. The minimum atomic E-state index is -4.61. The first-order valence-electron chi connectivity index (χ1n) is 13.1. The van der Waals surface area contributed by atoms with Gasteiger partial charge >= 0.3 is 6.18 Å². The molecule has 1 amide bonds. The van der Waals surface area contributed by atoms with Gasteiger partial charge in [-0.3, -0.25) is 9.36 Å². The first-order valence-corrected chi connectivity index (χ1v) is 16.8. The highest BCUT2D eigenvalue weighted by Crippen LogP contribution is 2.36. The predicted molar refractivity (Wildman–Crippen MR) is 153 cm³/mol. The number of hydrogen-bond donors (Lipinski definition) is 0. The molecule has 6 nitrogen and oxygen atoms in total. The molecule has 0 aliphatic rings. The fourth-order valence-electron chi connectivity index (χ4n) is 3.89. The number of imidazole rings is 1. The minimum Gasteiger partial charge on any atom is -0.417 e. The number of ether oxygens (including phenoxy) is 1. The molecule has 0 spiro atoms. The summed E-state index contributed by atoms with van der Waals surface area (Å²) in [7, 11) is -2.02. The normalized spacial score (nSPS) is 13.4. The van der Waals surface area contributed by atoms with Gasteiger partial charge < -0.3 is 13.7 Å². The van der Waals surface area contributed by atoms with Crippen molar-refractivity contribution in [3.8, 4) is 0 Å². The van der Waals surface area contributed by atoms with E-state index in [9.17, 15) is 18.0 Å². The number of hydrogen-bond acceptors (Lipinski definition) is 3. The van der Waals surface area contributed by atoms with Crippen LogP contribution >= 0.6 is 15.9 Å². The maximum absolute atomic E-state index is 15.4. The number of alkyl halides is 3. The zero-order valence-electron chi connectivity index (χ0n) is 23.7. The second-order valence-electron chi connectivity index (χ2n) is 11.1. The Kier molecular flexibility index (Phi) is 10.2. The van der Waals surface area contributed by atoms with Crippen molar-refractivity contribution in [2.75, 3.05) is 13.2 Å². The maximum Gasteiger partial charge on any atom is 0.416 e. The summed E-state index contributed by atoms with van der Waals surface area (Å²) in [5, 5.41) is 0.0169. The molecule has 12 heteroatoms. The molecule has 0 bridgehead atoms. The van der Waals surface area contributed by atoms with E-state index >= 15 is 4.39 Å². The van der Waals surface area contributed by atoms with E-state index in [1.165, 1.54) is 12.1 Å². The van der Waals surface area contributed by atoms with Gasteiger partial charge in [0.25, 0.3) is 5.91 Å². The minimum absolute atomic E-state index is 0.0169. The van der Waals surface area contributed by atoms with Gasteiger partial charge in [0.2, 0.25) is 5.62 Å². The molecule has 0 atom stereocenters. The third kappa shape index (κ3) is 7.51. The van der Waals surface area contributed by atoms with Crippen LogP contribution in [0.4, 0.5) is 17.6 Å². The molecule has 3 aromatic rings. The van der Waals surface area contributed by atoms with E-state index in [0.717, 1.165) is 24.6 Å². The van der Waals surface area contributed by atoms with Crippen LogP contribution in [-0.2, 0) is 28.6 Å². The molecule has 0 fully saturated rings. The quantitative estimate of drug-likeness (QED) is 0.128. The molecule has 40 heavy (non-hydrogen) atoms. The standard InChI is InChI=1S/C28H36BrF4N3O3Si/c1-7-13-38-18-36-23-17-21(29)16-22(30)24(23)35(12-9-14-39-40(5,6)27(2,3)4)26(36)34-25(37)19-10-8-11-20(15-19)28(31,32)33/h8,10-11,15-17H,7,9,12-14,18H2,1-6H3. The van der Waals surface area contributed by atoms with Crippen LogP contribution in [0.5, 0.6) is 0 Å². The van der Waals surface area contributed by atoms with Crippen molar-refractivity contribution in [2.45, 2.75) is 78.1 Å². The molecule has 0 saturated heterocycles. The van der Waals surface area contributed by atoms with Gasteiger partial charge in [0.1, 0.15) is 18.1 Å². The number of fused-ring (bicyclic) bond motifs is 1. The Balaban J connectivity index is 2.13. The Labute approximate surface area is 241 Å². The monoisotopic (exact) mass is 645 g/mol. The van der Waals surface area contributed by atoms with Gasteiger partial charge in [-0.2, -0.15) is 18.2 Å². The fourth-order valence-corrected chi connectivity index (χ4v) is 5.39. The van der Waals surface area contributed by atoms with Crippen LogP contribution in [0.3, 0.4) is 0 Å². The Morgan fingerprint density at radius 2 is 1.77 bits per heavy atom.